The fourth-order valence-corrected chi connectivity index (χ4v) is 3.03. The third kappa shape index (κ3) is 5.18. The minimum Gasteiger partial charge on any atom is -0.492 e. The van der Waals surface area contributed by atoms with Gasteiger partial charge in [0, 0.05) is 55.4 Å². The third-order valence-corrected chi connectivity index (χ3v) is 4.73. The van der Waals surface area contributed by atoms with Crippen LogP contribution in [0.25, 0.3) is 0 Å². The van der Waals surface area contributed by atoms with Crippen molar-refractivity contribution in [3.05, 3.63) is 69.2 Å². The number of piperazine rings is 1. The summed E-state index contributed by atoms with van der Waals surface area (Å²) in [5, 5.41) is 11.4. The first-order valence-corrected chi connectivity index (χ1v) is 9.05. The summed E-state index contributed by atoms with van der Waals surface area (Å²) in [4.78, 5) is 26.8. The predicted octanol–water partition coefficient (Wildman–Crippen LogP) is 3.09. The highest BCUT2D eigenvalue weighted by molar-refractivity contribution is 6.30. The summed E-state index contributed by atoms with van der Waals surface area (Å²) in [5.41, 5.74) is 0.456. The van der Waals surface area contributed by atoms with E-state index in [0.717, 1.165) is 25.4 Å². The van der Waals surface area contributed by atoms with Crippen LogP contribution < -0.4 is 4.74 Å². The van der Waals surface area contributed by atoms with Crippen molar-refractivity contribution in [1.29, 1.82) is 0 Å². The van der Waals surface area contributed by atoms with E-state index in [2.05, 4.69) is 4.90 Å². The van der Waals surface area contributed by atoms with Crippen molar-refractivity contribution in [2.75, 3.05) is 39.3 Å². The minimum absolute atomic E-state index is 0.0166. The summed E-state index contributed by atoms with van der Waals surface area (Å²) in [6.07, 6.45) is 0. The number of non-ortho nitro benzene ring substituents is 1. The zero-order valence-electron chi connectivity index (χ0n) is 14.7. The van der Waals surface area contributed by atoms with Gasteiger partial charge >= 0.3 is 0 Å². The number of nitro groups is 1. The van der Waals surface area contributed by atoms with Gasteiger partial charge in [-0.1, -0.05) is 11.6 Å². The minimum atomic E-state index is -0.473. The normalized spacial score (nSPS) is 14.8. The van der Waals surface area contributed by atoms with E-state index >= 15 is 0 Å². The Morgan fingerprint density at radius 1 is 1.04 bits per heavy atom. The van der Waals surface area contributed by atoms with Crippen LogP contribution in [-0.4, -0.2) is 60.0 Å². The van der Waals surface area contributed by atoms with Crippen LogP contribution in [0.15, 0.2) is 48.5 Å². The van der Waals surface area contributed by atoms with Gasteiger partial charge in [0.1, 0.15) is 12.4 Å². The van der Waals surface area contributed by atoms with E-state index < -0.39 is 4.92 Å². The van der Waals surface area contributed by atoms with Gasteiger partial charge in [-0.3, -0.25) is 19.8 Å². The van der Waals surface area contributed by atoms with E-state index in [1.54, 1.807) is 17.0 Å². The highest BCUT2D eigenvalue weighted by Gasteiger charge is 2.22. The van der Waals surface area contributed by atoms with Crippen molar-refractivity contribution in [1.82, 2.24) is 9.80 Å². The Labute approximate surface area is 162 Å². The first-order chi connectivity index (χ1) is 13.0. The monoisotopic (exact) mass is 389 g/mol. The lowest BCUT2D eigenvalue weighted by Gasteiger charge is -2.34. The molecule has 1 aliphatic heterocycles. The van der Waals surface area contributed by atoms with E-state index in [1.807, 2.05) is 12.1 Å². The molecule has 0 aliphatic carbocycles. The predicted molar refractivity (Wildman–Crippen MR) is 102 cm³/mol. The maximum Gasteiger partial charge on any atom is 0.269 e. The summed E-state index contributed by atoms with van der Waals surface area (Å²) < 4.78 is 5.70. The van der Waals surface area contributed by atoms with E-state index in [4.69, 9.17) is 16.3 Å². The molecule has 0 unspecified atom stereocenters. The van der Waals surface area contributed by atoms with E-state index in [9.17, 15) is 14.9 Å². The maximum absolute atomic E-state index is 12.5. The van der Waals surface area contributed by atoms with Gasteiger partial charge in [0.2, 0.25) is 0 Å². The average Bonchev–Trinajstić information content (AvgIpc) is 2.69. The molecule has 1 amide bonds. The van der Waals surface area contributed by atoms with Crippen LogP contribution in [0, 0.1) is 10.1 Å². The van der Waals surface area contributed by atoms with Gasteiger partial charge in [-0.15, -0.1) is 0 Å². The molecule has 1 heterocycles. The van der Waals surface area contributed by atoms with Crippen molar-refractivity contribution in [2.45, 2.75) is 0 Å². The standard InChI is InChI=1S/C19H20ClN3O4/c20-16-3-7-18(8-4-16)27-14-13-21-9-11-22(12-10-21)19(24)15-1-5-17(6-2-15)23(25)26/h1-8H,9-14H2. The zero-order chi connectivity index (χ0) is 19.2. The molecular formula is C19H20ClN3O4. The molecule has 2 aromatic rings. The van der Waals surface area contributed by atoms with Crippen molar-refractivity contribution >= 4 is 23.2 Å². The lowest BCUT2D eigenvalue weighted by atomic mass is 10.1. The Morgan fingerprint density at radius 3 is 2.26 bits per heavy atom. The number of carbonyl (C=O) groups is 1. The summed E-state index contributed by atoms with van der Waals surface area (Å²) in [6.45, 7) is 4.12. The molecule has 0 radical (unpaired) electrons. The number of carbonyl (C=O) groups excluding carboxylic acids is 1. The highest BCUT2D eigenvalue weighted by Crippen LogP contribution is 2.16. The van der Waals surface area contributed by atoms with Gasteiger partial charge in [-0.25, -0.2) is 0 Å². The van der Waals surface area contributed by atoms with Crippen LogP contribution in [0.3, 0.4) is 0 Å². The zero-order valence-corrected chi connectivity index (χ0v) is 15.5. The van der Waals surface area contributed by atoms with Crippen LogP contribution >= 0.6 is 11.6 Å². The lowest BCUT2D eigenvalue weighted by molar-refractivity contribution is -0.384. The number of benzene rings is 2. The Kier molecular flexibility index (Phi) is 6.26. The van der Waals surface area contributed by atoms with Crippen molar-refractivity contribution in [2.24, 2.45) is 0 Å². The van der Waals surface area contributed by atoms with Gasteiger partial charge in [0.25, 0.3) is 11.6 Å². The number of ether oxygens (including phenoxy) is 1. The first-order valence-electron chi connectivity index (χ1n) is 8.67. The third-order valence-electron chi connectivity index (χ3n) is 4.47. The van der Waals surface area contributed by atoms with Crippen LogP contribution in [0.1, 0.15) is 10.4 Å². The molecular weight excluding hydrogens is 370 g/mol. The van der Waals surface area contributed by atoms with E-state index in [0.29, 0.717) is 30.3 Å². The van der Waals surface area contributed by atoms with Gasteiger partial charge < -0.3 is 9.64 Å². The summed E-state index contributed by atoms with van der Waals surface area (Å²) in [5.74, 6) is 0.688. The second kappa shape index (κ2) is 8.83. The van der Waals surface area contributed by atoms with Gasteiger partial charge in [0.05, 0.1) is 4.92 Å². The number of nitro benzene ring substituents is 1. The Balaban J connectivity index is 1.43. The van der Waals surface area contributed by atoms with Crippen LogP contribution in [0.5, 0.6) is 5.75 Å². The van der Waals surface area contributed by atoms with Crippen molar-refractivity contribution < 1.29 is 14.5 Å². The number of rotatable bonds is 6. The number of amides is 1. The number of hydrogen-bond acceptors (Lipinski definition) is 5. The van der Waals surface area contributed by atoms with Gasteiger partial charge in [-0.05, 0) is 36.4 Å². The molecule has 8 heteroatoms. The van der Waals surface area contributed by atoms with Gasteiger partial charge in [0.15, 0.2) is 0 Å². The number of nitrogens with zero attached hydrogens (tertiary/aromatic N) is 3. The van der Waals surface area contributed by atoms with Crippen LogP contribution in [-0.2, 0) is 0 Å². The van der Waals surface area contributed by atoms with Crippen molar-refractivity contribution in [3.63, 3.8) is 0 Å². The SMILES string of the molecule is O=C(c1ccc([N+](=O)[O-])cc1)N1CCN(CCOc2ccc(Cl)cc2)CC1. The van der Waals surface area contributed by atoms with Crippen LogP contribution in [0.2, 0.25) is 5.02 Å². The van der Waals surface area contributed by atoms with Crippen molar-refractivity contribution in [3.8, 4) is 5.75 Å². The van der Waals surface area contributed by atoms with E-state index in [-0.39, 0.29) is 11.6 Å². The average molecular weight is 390 g/mol. The molecule has 0 N–H and O–H groups in total. The second-order valence-corrected chi connectivity index (χ2v) is 6.68. The molecule has 0 bridgehead atoms. The first kappa shape index (κ1) is 19.1. The molecule has 3 rings (SSSR count). The Morgan fingerprint density at radius 2 is 1.67 bits per heavy atom. The van der Waals surface area contributed by atoms with Crippen LogP contribution in [0.4, 0.5) is 5.69 Å². The fourth-order valence-electron chi connectivity index (χ4n) is 2.91. The fraction of sp³-hybridized carbons (Fsp3) is 0.316. The summed E-state index contributed by atoms with van der Waals surface area (Å²) in [6, 6.07) is 13.0. The highest BCUT2D eigenvalue weighted by atomic mass is 35.5. The molecule has 0 aromatic heterocycles. The molecule has 1 fully saturated rings. The maximum atomic E-state index is 12.5. The lowest BCUT2D eigenvalue weighted by Crippen LogP contribution is -2.49. The molecule has 7 nitrogen and oxygen atoms in total. The molecule has 27 heavy (non-hydrogen) atoms. The van der Waals surface area contributed by atoms with Gasteiger partial charge in [-0.2, -0.15) is 0 Å². The number of hydrogen-bond donors (Lipinski definition) is 0. The molecule has 1 aliphatic rings. The topological polar surface area (TPSA) is 75.9 Å². The Bertz CT molecular complexity index is 788. The van der Waals surface area contributed by atoms with E-state index in [1.165, 1.54) is 24.3 Å². The largest absolute Gasteiger partial charge is 0.492 e. The summed E-state index contributed by atoms with van der Waals surface area (Å²) >= 11 is 5.85. The Hall–Kier alpha value is -2.64. The molecule has 0 saturated carbocycles. The summed E-state index contributed by atoms with van der Waals surface area (Å²) in [7, 11) is 0. The quantitative estimate of drug-likeness (QED) is 0.560. The smallest absolute Gasteiger partial charge is 0.269 e. The molecule has 1 saturated heterocycles. The molecule has 0 spiro atoms. The number of halogens is 1. The second-order valence-electron chi connectivity index (χ2n) is 6.24. The molecule has 2 aromatic carbocycles. The molecule has 142 valence electrons. The molecule has 0 atom stereocenters.